The molecule has 1 atom stereocenters. The van der Waals surface area contributed by atoms with Crippen LogP contribution in [0.5, 0.6) is 0 Å². The number of hydrogen-bond donors (Lipinski definition) is 2. The van der Waals surface area contributed by atoms with Gasteiger partial charge >= 0.3 is 6.09 Å². The molecule has 0 fully saturated rings. The van der Waals surface area contributed by atoms with Crippen molar-refractivity contribution >= 4 is 6.09 Å². The van der Waals surface area contributed by atoms with Gasteiger partial charge in [0.1, 0.15) is 5.60 Å². The van der Waals surface area contributed by atoms with Crippen LogP contribution in [0.4, 0.5) is 4.79 Å². The van der Waals surface area contributed by atoms with Crippen molar-refractivity contribution in [3.63, 3.8) is 0 Å². The predicted molar refractivity (Wildman–Crippen MR) is 75.7 cm³/mol. The number of amides is 1. The third-order valence-corrected chi connectivity index (χ3v) is 2.28. The Kier molecular flexibility index (Phi) is 7.36. The Morgan fingerprint density at radius 3 is 2.50 bits per heavy atom. The predicted octanol–water partition coefficient (Wildman–Crippen LogP) is 2.62. The molecular formula is C14H26N2O2. The molecule has 4 nitrogen and oxygen atoms in total. The van der Waals surface area contributed by atoms with Gasteiger partial charge in [-0.05, 0) is 27.2 Å². The molecule has 4 heteroatoms. The van der Waals surface area contributed by atoms with Crippen molar-refractivity contribution in [3.8, 4) is 0 Å². The average Bonchev–Trinajstić information content (AvgIpc) is 2.24. The smallest absolute Gasteiger partial charge is 0.408 e. The fourth-order valence-corrected chi connectivity index (χ4v) is 1.32. The third-order valence-electron chi connectivity index (χ3n) is 2.28. The average molecular weight is 254 g/mol. The zero-order chi connectivity index (χ0) is 14.2. The van der Waals surface area contributed by atoms with Gasteiger partial charge in [0.15, 0.2) is 0 Å². The van der Waals surface area contributed by atoms with E-state index in [9.17, 15) is 4.79 Å². The summed E-state index contributed by atoms with van der Waals surface area (Å²) in [6.07, 6.45) is 2.18. The summed E-state index contributed by atoms with van der Waals surface area (Å²) in [5.41, 5.74) is 0.480. The number of alkyl carbamates (subject to hydrolysis) is 1. The lowest BCUT2D eigenvalue weighted by atomic mass is 10.1. The lowest BCUT2D eigenvalue weighted by molar-refractivity contribution is 0.0511. The number of carbonyl (C=O) groups is 1. The van der Waals surface area contributed by atoms with Gasteiger partial charge in [-0.15, -0.1) is 6.58 Å². The van der Waals surface area contributed by atoms with Crippen molar-refractivity contribution < 1.29 is 9.53 Å². The molecule has 0 radical (unpaired) electrons. The maximum Gasteiger partial charge on any atom is 0.408 e. The number of ether oxygens (including phenoxy) is 1. The molecule has 1 unspecified atom stereocenters. The monoisotopic (exact) mass is 254 g/mol. The minimum Gasteiger partial charge on any atom is -0.444 e. The van der Waals surface area contributed by atoms with Gasteiger partial charge in [-0.2, -0.15) is 0 Å². The Morgan fingerprint density at radius 1 is 1.44 bits per heavy atom. The van der Waals surface area contributed by atoms with E-state index in [1.54, 1.807) is 6.08 Å². The summed E-state index contributed by atoms with van der Waals surface area (Å²) < 4.78 is 5.23. The van der Waals surface area contributed by atoms with Gasteiger partial charge in [0.05, 0.1) is 6.04 Å². The zero-order valence-electron chi connectivity index (χ0n) is 12.0. The first-order chi connectivity index (χ1) is 8.30. The summed E-state index contributed by atoms with van der Waals surface area (Å²) in [6, 6.07) is -0.121. The summed E-state index contributed by atoms with van der Waals surface area (Å²) in [6.45, 7) is 16.5. The first-order valence-corrected chi connectivity index (χ1v) is 6.29. The van der Waals surface area contributed by atoms with Crippen LogP contribution in [0.2, 0.25) is 0 Å². The molecule has 2 N–H and O–H groups in total. The molecule has 0 heterocycles. The van der Waals surface area contributed by atoms with Crippen molar-refractivity contribution in [2.45, 2.75) is 45.8 Å². The molecule has 0 saturated heterocycles. The van der Waals surface area contributed by atoms with Crippen LogP contribution in [0.25, 0.3) is 0 Å². The standard InChI is InChI=1S/C14H26N2O2/c1-7-9-15-10-12(11(3)8-2)16-13(17)18-14(4,5)6/h7,12,15H,1,3,8-10H2,2,4-6H3,(H,16,17). The fourth-order valence-electron chi connectivity index (χ4n) is 1.32. The lowest BCUT2D eigenvalue weighted by Crippen LogP contribution is -2.45. The number of carbonyl (C=O) groups excluding carboxylic acids is 1. The van der Waals surface area contributed by atoms with Crippen LogP contribution in [0.15, 0.2) is 24.8 Å². The zero-order valence-corrected chi connectivity index (χ0v) is 12.0. The van der Waals surface area contributed by atoms with E-state index in [0.29, 0.717) is 13.1 Å². The Hall–Kier alpha value is -1.29. The maximum absolute atomic E-state index is 11.7. The van der Waals surface area contributed by atoms with E-state index in [2.05, 4.69) is 23.8 Å². The van der Waals surface area contributed by atoms with Crippen LogP contribution in [0.3, 0.4) is 0 Å². The van der Waals surface area contributed by atoms with Gasteiger partial charge in [0.2, 0.25) is 0 Å². The van der Waals surface area contributed by atoms with Crippen molar-refractivity contribution in [1.29, 1.82) is 0 Å². The molecule has 0 rings (SSSR count). The highest BCUT2D eigenvalue weighted by molar-refractivity contribution is 5.68. The molecule has 0 aromatic rings. The Bertz CT molecular complexity index is 293. The molecule has 0 aliphatic carbocycles. The quantitative estimate of drug-likeness (QED) is 0.542. The van der Waals surface area contributed by atoms with E-state index in [1.807, 2.05) is 27.7 Å². The molecule has 0 aromatic carbocycles. The molecule has 0 spiro atoms. The second-order valence-corrected chi connectivity index (χ2v) is 5.16. The third kappa shape index (κ3) is 7.90. The van der Waals surface area contributed by atoms with Gasteiger partial charge < -0.3 is 15.4 Å². The minimum atomic E-state index is -0.489. The second kappa shape index (κ2) is 7.93. The first-order valence-electron chi connectivity index (χ1n) is 6.29. The summed E-state index contributed by atoms with van der Waals surface area (Å²) >= 11 is 0. The normalized spacial score (nSPS) is 12.7. The largest absolute Gasteiger partial charge is 0.444 e. The summed E-state index contributed by atoms with van der Waals surface area (Å²) in [5, 5.41) is 6.00. The highest BCUT2D eigenvalue weighted by Crippen LogP contribution is 2.09. The van der Waals surface area contributed by atoms with Gasteiger partial charge in [-0.1, -0.05) is 25.2 Å². The maximum atomic E-state index is 11.7. The number of nitrogens with one attached hydrogen (secondary N) is 2. The Labute approximate surface area is 110 Å². The van der Waals surface area contributed by atoms with E-state index < -0.39 is 11.7 Å². The topological polar surface area (TPSA) is 50.4 Å². The van der Waals surface area contributed by atoms with Crippen LogP contribution < -0.4 is 10.6 Å². The Balaban J connectivity index is 4.35. The summed E-state index contributed by atoms with van der Waals surface area (Å²) in [4.78, 5) is 11.7. The van der Waals surface area contributed by atoms with Gasteiger partial charge in [-0.25, -0.2) is 4.79 Å². The molecule has 0 aliphatic rings. The number of hydrogen-bond acceptors (Lipinski definition) is 3. The highest BCUT2D eigenvalue weighted by atomic mass is 16.6. The molecule has 0 saturated carbocycles. The molecule has 18 heavy (non-hydrogen) atoms. The summed E-state index contributed by atoms with van der Waals surface area (Å²) in [7, 11) is 0. The first kappa shape index (κ1) is 16.7. The molecule has 0 aromatic heterocycles. The van der Waals surface area contributed by atoms with E-state index in [1.165, 1.54) is 0 Å². The lowest BCUT2D eigenvalue weighted by Gasteiger charge is -2.24. The van der Waals surface area contributed by atoms with Gasteiger partial charge in [0.25, 0.3) is 0 Å². The second-order valence-electron chi connectivity index (χ2n) is 5.16. The van der Waals surface area contributed by atoms with Crippen molar-refractivity contribution in [1.82, 2.24) is 10.6 Å². The SMILES string of the molecule is C=CCNCC(NC(=O)OC(C)(C)C)C(=C)CC. The fraction of sp³-hybridized carbons (Fsp3) is 0.643. The van der Waals surface area contributed by atoms with Crippen LogP contribution in [0.1, 0.15) is 34.1 Å². The summed E-state index contributed by atoms with van der Waals surface area (Å²) in [5.74, 6) is 0. The van der Waals surface area contributed by atoms with E-state index in [0.717, 1.165) is 12.0 Å². The van der Waals surface area contributed by atoms with Gasteiger partial charge in [-0.3, -0.25) is 0 Å². The molecule has 0 aliphatic heterocycles. The van der Waals surface area contributed by atoms with Crippen molar-refractivity contribution in [2.75, 3.05) is 13.1 Å². The van der Waals surface area contributed by atoms with Gasteiger partial charge in [0, 0.05) is 13.1 Å². The molecular weight excluding hydrogens is 228 g/mol. The minimum absolute atomic E-state index is 0.121. The van der Waals surface area contributed by atoms with E-state index in [-0.39, 0.29) is 6.04 Å². The van der Waals surface area contributed by atoms with Crippen LogP contribution in [-0.4, -0.2) is 30.8 Å². The van der Waals surface area contributed by atoms with Crippen LogP contribution in [0, 0.1) is 0 Å². The van der Waals surface area contributed by atoms with Crippen molar-refractivity contribution in [2.24, 2.45) is 0 Å². The van der Waals surface area contributed by atoms with Crippen molar-refractivity contribution in [3.05, 3.63) is 24.8 Å². The Morgan fingerprint density at radius 2 is 2.06 bits per heavy atom. The molecule has 104 valence electrons. The van der Waals surface area contributed by atoms with E-state index >= 15 is 0 Å². The van der Waals surface area contributed by atoms with E-state index in [4.69, 9.17) is 4.74 Å². The molecule has 1 amide bonds. The number of rotatable bonds is 7. The highest BCUT2D eigenvalue weighted by Gasteiger charge is 2.20. The van der Waals surface area contributed by atoms with Crippen LogP contribution in [-0.2, 0) is 4.74 Å². The van der Waals surface area contributed by atoms with Crippen LogP contribution >= 0.6 is 0 Å². The molecule has 0 bridgehead atoms.